The van der Waals surface area contributed by atoms with Crippen molar-refractivity contribution in [2.45, 2.75) is 58.8 Å². The maximum Gasteiger partial charge on any atom is 0.0359 e. The van der Waals surface area contributed by atoms with Crippen LogP contribution in [0.15, 0.2) is 23.9 Å². The van der Waals surface area contributed by atoms with Gasteiger partial charge in [0.1, 0.15) is 0 Å². The summed E-state index contributed by atoms with van der Waals surface area (Å²) in [6.07, 6.45) is 16.6. The first-order chi connectivity index (χ1) is 7.83. The van der Waals surface area contributed by atoms with Gasteiger partial charge in [0, 0.05) is 13.1 Å². The van der Waals surface area contributed by atoms with Gasteiger partial charge >= 0.3 is 0 Å². The van der Waals surface area contributed by atoms with Crippen LogP contribution >= 0.6 is 0 Å². The van der Waals surface area contributed by atoms with Gasteiger partial charge in [-0.25, -0.2) is 0 Å². The summed E-state index contributed by atoms with van der Waals surface area (Å²) in [6, 6.07) is 0. The summed E-state index contributed by atoms with van der Waals surface area (Å²) in [5.74, 6) is 0. The van der Waals surface area contributed by atoms with Crippen molar-refractivity contribution in [3.05, 3.63) is 23.9 Å². The van der Waals surface area contributed by atoms with E-state index < -0.39 is 0 Å². The van der Waals surface area contributed by atoms with E-state index in [9.17, 15) is 0 Å². The first kappa shape index (κ1) is 13.3. The predicted molar refractivity (Wildman–Crippen MR) is 72.5 cm³/mol. The molecule has 0 aromatic carbocycles. The molecule has 0 spiro atoms. The van der Waals surface area contributed by atoms with E-state index in [1.807, 2.05) is 0 Å². The van der Waals surface area contributed by atoms with Gasteiger partial charge in [-0.3, -0.25) is 0 Å². The van der Waals surface area contributed by atoms with Gasteiger partial charge in [0.2, 0.25) is 0 Å². The monoisotopic (exact) mass is 221 g/mol. The van der Waals surface area contributed by atoms with E-state index in [0.717, 1.165) is 6.54 Å². The van der Waals surface area contributed by atoms with Crippen LogP contribution in [0.1, 0.15) is 58.8 Å². The third-order valence-electron chi connectivity index (χ3n) is 3.24. The van der Waals surface area contributed by atoms with Crippen molar-refractivity contribution < 1.29 is 0 Å². The highest BCUT2D eigenvalue weighted by molar-refractivity contribution is 5.19. The zero-order valence-electron chi connectivity index (χ0n) is 11.0. The van der Waals surface area contributed by atoms with E-state index in [1.165, 1.54) is 57.1 Å². The Balaban J connectivity index is 1.90. The van der Waals surface area contributed by atoms with E-state index >= 15 is 0 Å². The number of nitrogens with zero attached hydrogens (tertiary/aromatic N) is 1. The van der Waals surface area contributed by atoms with Gasteiger partial charge < -0.3 is 4.90 Å². The largest absolute Gasteiger partial charge is 0.374 e. The molecule has 0 unspecified atom stereocenters. The average Bonchev–Trinajstić information content (AvgIpc) is 2.30. The van der Waals surface area contributed by atoms with E-state index in [2.05, 4.69) is 37.1 Å². The smallest absolute Gasteiger partial charge is 0.0359 e. The minimum Gasteiger partial charge on any atom is -0.374 e. The minimum atomic E-state index is 1.11. The molecule has 1 aliphatic rings. The molecular formula is C15H27N. The molecule has 0 saturated heterocycles. The van der Waals surface area contributed by atoms with Gasteiger partial charge in [0.05, 0.1) is 0 Å². The van der Waals surface area contributed by atoms with Crippen LogP contribution in [-0.4, -0.2) is 18.0 Å². The van der Waals surface area contributed by atoms with Gasteiger partial charge in [-0.05, 0) is 25.6 Å². The third kappa shape index (κ3) is 5.99. The normalized spacial score (nSPS) is 15.4. The van der Waals surface area contributed by atoms with Crippen molar-refractivity contribution in [2.75, 3.05) is 13.1 Å². The molecule has 1 aliphatic heterocycles. The highest BCUT2D eigenvalue weighted by Gasteiger charge is 2.01. The summed E-state index contributed by atoms with van der Waals surface area (Å²) in [6.45, 7) is 6.78. The number of hydrogen-bond acceptors (Lipinski definition) is 1. The number of hydrogen-bond donors (Lipinski definition) is 0. The molecule has 0 aromatic heterocycles. The average molecular weight is 221 g/mol. The molecule has 1 nitrogen and oxygen atoms in total. The summed E-state index contributed by atoms with van der Waals surface area (Å²) in [5.41, 5.74) is 1.40. The summed E-state index contributed by atoms with van der Waals surface area (Å²) >= 11 is 0. The molecule has 0 atom stereocenters. The Morgan fingerprint density at radius 2 is 1.75 bits per heavy atom. The van der Waals surface area contributed by atoms with Crippen molar-refractivity contribution in [2.24, 2.45) is 0 Å². The van der Waals surface area contributed by atoms with Crippen LogP contribution in [-0.2, 0) is 0 Å². The first-order valence-corrected chi connectivity index (χ1v) is 6.92. The molecule has 0 fully saturated rings. The molecule has 0 radical (unpaired) electrons. The topological polar surface area (TPSA) is 3.24 Å². The second kappa shape index (κ2) is 8.43. The van der Waals surface area contributed by atoms with Crippen LogP contribution < -0.4 is 0 Å². The van der Waals surface area contributed by atoms with E-state index in [0.29, 0.717) is 0 Å². The first-order valence-electron chi connectivity index (χ1n) is 6.92. The van der Waals surface area contributed by atoms with Crippen LogP contribution in [0.4, 0.5) is 0 Å². The number of allylic oxidation sites excluding steroid dienone is 2. The molecule has 0 aliphatic carbocycles. The summed E-state index contributed by atoms with van der Waals surface area (Å²) in [7, 11) is 0. The molecule has 0 aromatic rings. The lowest BCUT2D eigenvalue weighted by Gasteiger charge is -2.21. The standard InChI is InChI=1S/C15H27N/c1-3-4-5-6-7-8-9-12-16-13-10-15(2)11-14-16/h10-11,13H,3-9,12,14H2,1-2H3. The van der Waals surface area contributed by atoms with E-state index in [1.54, 1.807) is 0 Å². The zero-order chi connectivity index (χ0) is 11.6. The van der Waals surface area contributed by atoms with Crippen molar-refractivity contribution >= 4 is 0 Å². The SMILES string of the molecule is CCCCCCCCCN1C=CC(C)=CC1. The highest BCUT2D eigenvalue weighted by atomic mass is 15.1. The summed E-state index contributed by atoms with van der Waals surface area (Å²) in [4.78, 5) is 2.42. The Kier molecular flexibility index (Phi) is 7.03. The van der Waals surface area contributed by atoms with Gasteiger partial charge in [-0.15, -0.1) is 0 Å². The molecule has 92 valence electrons. The van der Waals surface area contributed by atoms with Crippen molar-refractivity contribution in [1.82, 2.24) is 4.90 Å². The van der Waals surface area contributed by atoms with Crippen LogP contribution in [0.2, 0.25) is 0 Å². The van der Waals surface area contributed by atoms with Crippen molar-refractivity contribution in [3.63, 3.8) is 0 Å². The Morgan fingerprint density at radius 3 is 2.38 bits per heavy atom. The molecule has 0 saturated carbocycles. The molecule has 1 heterocycles. The number of unbranched alkanes of at least 4 members (excludes halogenated alkanes) is 6. The second-order valence-corrected chi connectivity index (χ2v) is 4.88. The maximum absolute atomic E-state index is 2.42. The van der Waals surface area contributed by atoms with E-state index in [4.69, 9.17) is 0 Å². The Hall–Kier alpha value is -0.720. The summed E-state index contributed by atoms with van der Waals surface area (Å²) in [5, 5.41) is 0. The molecule has 1 heteroatoms. The lowest BCUT2D eigenvalue weighted by atomic mass is 10.1. The number of rotatable bonds is 8. The molecular weight excluding hydrogens is 194 g/mol. The van der Waals surface area contributed by atoms with Gasteiger partial charge in [-0.2, -0.15) is 0 Å². The zero-order valence-corrected chi connectivity index (χ0v) is 11.0. The van der Waals surface area contributed by atoms with Crippen molar-refractivity contribution in [1.29, 1.82) is 0 Å². The second-order valence-electron chi connectivity index (χ2n) is 4.88. The quantitative estimate of drug-likeness (QED) is 0.545. The van der Waals surface area contributed by atoms with E-state index in [-0.39, 0.29) is 0 Å². The molecule has 16 heavy (non-hydrogen) atoms. The van der Waals surface area contributed by atoms with Crippen molar-refractivity contribution in [3.8, 4) is 0 Å². The fraction of sp³-hybridized carbons (Fsp3) is 0.733. The Labute approximate surface area is 101 Å². The maximum atomic E-state index is 2.42. The van der Waals surface area contributed by atoms with Gasteiger partial charge in [0.15, 0.2) is 0 Å². The Morgan fingerprint density at radius 1 is 1.06 bits per heavy atom. The lowest BCUT2D eigenvalue weighted by molar-refractivity contribution is 0.391. The fourth-order valence-electron chi connectivity index (χ4n) is 2.05. The molecule has 1 rings (SSSR count). The predicted octanol–water partition coefficient (Wildman–Crippen LogP) is 4.51. The third-order valence-corrected chi connectivity index (χ3v) is 3.24. The van der Waals surface area contributed by atoms with Gasteiger partial charge in [0.25, 0.3) is 0 Å². The molecule has 0 bridgehead atoms. The lowest BCUT2D eigenvalue weighted by Crippen LogP contribution is -2.20. The van der Waals surface area contributed by atoms with Crippen LogP contribution in [0.3, 0.4) is 0 Å². The van der Waals surface area contributed by atoms with Gasteiger partial charge in [-0.1, -0.05) is 57.1 Å². The van der Waals surface area contributed by atoms with Crippen LogP contribution in [0.5, 0.6) is 0 Å². The van der Waals surface area contributed by atoms with Crippen LogP contribution in [0, 0.1) is 0 Å². The van der Waals surface area contributed by atoms with Crippen LogP contribution in [0.25, 0.3) is 0 Å². The molecule has 0 amide bonds. The highest BCUT2D eigenvalue weighted by Crippen LogP contribution is 2.10. The summed E-state index contributed by atoms with van der Waals surface area (Å²) < 4.78 is 0. The minimum absolute atomic E-state index is 1.11. The molecule has 0 N–H and O–H groups in total. The Bertz CT molecular complexity index is 228. The fourth-order valence-corrected chi connectivity index (χ4v) is 2.05.